The van der Waals surface area contributed by atoms with E-state index in [2.05, 4.69) is 21.2 Å². The lowest BCUT2D eigenvalue weighted by atomic mass is 10.1. The third-order valence-corrected chi connectivity index (χ3v) is 3.89. The van der Waals surface area contributed by atoms with Crippen molar-refractivity contribution in [2.45, 2.75) is 12.5 Å². The number of carboxylic acids is 1. The fourth-order valence-electron chi connectivity index (χ4n) is 2.19. The first-order valence-corrected chi connectivity index (χ1v) is 8.41. The molecule has 2 rings (SSSR count). The summed E-state index contributed by atoms with van der Waals surface area (Å²) in [5, 5.41) is 22.0. The van der Waals surface area contributed by atoms with Crippen molar-refractivity contribution in [2.75, 3.05) is 19.7 Å². The van der Waals surface area contributed by atoms with Crippen LogP contribution in [-0.4, -0.2) is 35.9 Å². The lowest BCUT2D eigenvalue weighted by Gasteiger charge is -2.13. The summed E-state index contributed by atoms with van der Waals surface area (Å²) >= 11 is 3.38. The first-order valence-electron chi connectivity index (χ1n) is 7.62. The third-order valence-electron chi connectivity index (χ3n) is 3.40. The van der Waals surface area contributed by atoms with Crippen LogP contribution < -0.4 is 10.1 Å². The Bertz CT molecular complexity index is 660. The summed E-state index contributed by atoms with van der Waals surface area (Å²) in [6.07, 6.45) is -0.562. The second kappa shape index (κ2) is 9.42. The van der Waals surface area contributed by atoms with Crippen LogP contribution in [0.1, 0.15) is 17.2 Å². The van der Waals surface area contributed by atoms with Gasteiger partial charge in [0.1, 0.15) is 12.4 Å². The number of carboxylic acid groups (broad SMARTS) is 1. The smallest absolute Gasteiger partial charge is 0.307 e. The Balaban J connectivity index is 1.66. The SMILES string of the molecule is O=C(O)Cc1ccc(OCCNCC(O)c2cccc(Br)c2)cc1. The maximum absolute atomic E-state index is 10.6. The molecule has 0 saturated heterocycles. The van der Waals surface area contributed by atoms with Crippen molar-refractivity contribution < 1.29 is 19.7 Å². The van der Waals surface area contributed by atoms with Crippen LogP contribution in [0.15, 0.2) is 53.0 Å². The quantitative estimate of drug-likeness (QED) is 0.570. The molecule has 0 amide bonds. The van der Waals surface area contributed by atoms with E-state index in [1.807, 2.05) is 24.3 Å². The van der Waals surface area contributed by atoms with Gasteiger partial charge in [0.05, 0.1) is 12.5 Å². The minimum absolute atomic E-state index is 0.00925. The second-order valence-electron chi connectivity index (χ2n) is 5.34. The highest BCUT2D eigenvalue weighted by molar-refractivity contribution is 9.10. The lowest BCUT2D eigenvalue weighted by molar-refractivity contribution is -0.136. The van der Waals surface area contributed by atoms with E-state index in [4.69, 9.17) is 9.84 Å². The molecular formula is C18H20BrNO4. The molecule has 1 unspecified atom stereocenters. The van der Waals surface area contributed by atoms with E-state index in [0.29, 0.717) is 25.4 Å². The molecule has 1 atom stereocenters. The number of aliphatic hydroxyl groups is 1. The van der Waals surface area contributed by atoms with Crippen molar-refractivity contribution in [3.63, 3.8) is 0 Å². The normalized spacial score (nSPS) is 11.9. The zero-order valence-electron chi connectivity index (χ0n) is 13.1. The molecular weight excluding hydrogens is 374 g/mol. The van der Waals surface area contributed by atoms with Gasteiger partial charge in [-0.1, -0.05) is 40.2 Å². The standard InChI is InChI=1S/C18H20BrNO4/c19-15-3-1-2-14(11-15)17(21)12-20-8-9-24-16-6-4-13(5-7-16)10-18(22)23/h1-7,11,17,20-21H,8-10,12H2,(H,22,23). The predicted octanol–water partition coefficient (Wildman–Crippen LogP) is 2.78. The summed E-state index contributed by atoms with van der Waals surface area (Å²) in [6.45, 7) is 1.50. The highest BCUT2D eigenvalue weighted by atomic mass is 79.9. The lowest BCUT2D eigenvalue weighted by Crippen LogP contribution is -2.26. The van der Waals surface area contributed by atoms with Gasteiger partial charge < -0.3 is 20.3 Å². The van der Waals surface area contributed by atoms with Gasteiger partial charge in [0.15, 0.2) is 0 Å². The van der Waals surface area contributed by atoms with Gasteiger partial charge >= 0.3 is 5.97 Å². The molecule has 0 radical (unpaired) electrons. The Hall–Kier alpha value is -1.89. The van der Waals surface area contributed by atoms with Gasteiger partial charge in [-0.3, -0.25) is 4.79 Å². The Kier molecular flexibility index (Phi) is 7.24. The molecule has 0 aliphatic rings. The van der Waals surface area contributed by atoms with Crippen LogP contribution >= 0.6 is 15.9 Å². The summed E-state index contributed by atoms with van der Waals surface area (Å²) in [5.74, 6) is -0.157. The summed E-state index contributed by atoms with van der Waals surface area (Å²) in [5.41, 5.74) is 1.59. The second-order valence-corrected chi connectivity index (χ2v) is 6.25. The maximum Gasteiger partial charge on any atom is 0.307 e. The van der Waals surface area contributed by atoms with Crippen molar-refractivity contribution in [1.82, 2.24) is 5.32 Å². The first-order chi connectivity index (χ1) is 11.5. The Morgan fingerprint density at radius 1 is 1.21 bits per heavy atom. The summed E-state index contributed by atoms with van der Waals surface area (Å²) < 4.78 is 6.51. The summed E-state index contributed by atoms with van der Waals surface area (Å²) in [6, 6.07) is 14.6. The molecule has 3 N–H and O–H groups in total. The maximum atomic E-state index is 10.6. The molecule has 0 saturated carbocycles. The average Bonchev–Trinajstić information content (AvgIpc) is 2.55. The van der Waals surface area contributed by atoms with Crippen LogP contribution in [0.4, 0.5) is 0 Å². The van der Waals surface area contributed by atoms with Crippen molar-refractivity contribution in [1.29, 1.82) is 0 Å². The van der Waals surface area contributed by atoms with Crippen molar-refractivity contribution in [2.24, 2.45) is 0 Å². The number of halogens is 1. The van der Waals surface area contributed by atoms with E-state index in [1.54, 1.807) is 24.3 Å². The van der Waals surface area contributed by atoms with Crippen LogP contribution in [-0.2, 0) is 11.2 Å². The minimum Gasteiger partial charge on any atom is -0.492 e. The topological polar surface area (TPSA) is 78.8 Å². The van der Waals surface area contributed by atoms with Crippen LogP contribution in [0, 0.1) is 0 Å². The van der Waals surface area contributed by atoms with Crippen molar-refractivity contribution in [3.05, 3.63) is 64.1 Å². The number of aliphatic carboxylic acids is 1. The number of rotatable bonds is 9. The number of carbonyl (C=O) groups is 1. The molecule has 0 aliphatic carbocycles. The Morgan fingerprint density at radius 2 is 1.96 bits per heavy atom. The fourth-order valence-corrected chi connectivity index (χ4v) is 2.61. The number of aliphatic hydroxyl groups excluding tert-OH is 1. The molecule has 128 valence electrons. The molecule has 5 nitrogen and oxygen atoms in total. The van der Waals surface area contributed by atoms with E-state index in [0.717, 1.165) is 15.6 Å². The van der Waals surface area contributed by atoms with Crippen LogP contribution in [0.2, 0.25) is 0 Å². The molecule has 0 fully saturated rings. The minimum atomic E-state index is -0.850. The number of hydrogen-bond acceptors (Lipinski definition) is 4. The van der Waals surface area contributed by atoms with E-state index >= 15 is 0 Å². The molecule has 6 heteroatoms. The third kappa shape index (κ3) is 6.31. The first kappa shape index (κ1) is 18.4. The molecule has 0 spiro atoms. The molecule has 0 aliphatic heterocycles. The Morgan fingerprint density at radius 3 is 2.62 bits per heavy atom. The van der Waals surface area contributed by atoms with Gasteiger partial charge in [-0.15, -0.1) is 0 Å². The average molecular weight is 394 g/mol. The molecule has 2 aromatic carbocycles. The van der Waals surface area contributed by atoms with Gasteiger partial charge in [0.25, 0.3) is 0 Å². The van der Waals surface area contributed by atoms with E-state index in [1.165, 1.54) is 0 Å². The van der Waals surface area contributed by atoms with Gasteiger partial charge in [-0.25, -0.2) is 0 Å². The zero-order valence-corrected chi connectivity index (χ0v) is 14.7. The summed E-state index contributed by atoms with van der Waals surface area (Å²) in [7, 11) is 0. The fraction of sp³-hybridized carbons (Fsp3) is 0.278. The molecule has 24 heavy (non-hydrogen) atoms. The van der Waals surface area contributed by atoms with Crippen LogP contribution in [0.3, 0.4) is 0 Å². The summed E-state index contributed by atoms with van der Waals surface area (Å²) in [4.78, 5) is 10.6. The Labute approximate surface area is 149 Å². The number of ether oxygens (including phenoxy) is 1. The highest BCUT2D eigenvalue weighted by Crippen LogP contribution is 2.17. The number of nitrogens with one attached hydrogen (secondary N) is 1. The largest absolute Gasteiger partial charge is 0.492 e. The monoisotopic (exact) mass is 393 g/mol. The van der Waals surface area contributed by atoms with E-state index in [-0.39, 0.29) is 6.42 Å². The highest BCUT2D eigenvalue weighted by Gasteiger charge is 2.07. The molecule has 0 bridgehead atoms. The zero-order chi connectivity index (χ0) is 17.4. The molecule has 0 heterocycles. The van der Waals surface area contributed by atoms with Crippen LogP contribution in [0.5, 0.6) is 5.75 Å². The van der Waals surface area contributed by atoms with Gasteiger partial charge in [0, 0.05) is 17.6 Å². The molecule has 2 aromatic rings. The number of benzene rings is 2. The van der Waals surface area contributed by atoms with E-state index in [9.17, 15) is 9.90 Å². The molecule has 0 aromatic heterocycles. The number of hydrogen-bond donors (Lipinski definition) is 3. The van der Waals surface area contributed by atoms with Crippen LogP contribution in [0.25, 0.3) is 0 Å². The van der Waals surface area contributed by atoms with Gasteiger partial charge in [0.2, 0.25) is 0 Å². The van der Waals surface area contributed by atoms with Gasteiger partial charge in [-0.2, -0.15) is 0 Å². The van der Waals surface area contributed by atoms with E-state index < -0.39 is 12.1 Å². The predicted molar refractivity (Wildman–Crippen MR) is 95.2 cm³/mol. The van der Waals surface area contributed by atoms with Crippen molar-refractivity contribution >= 4 is 21.9 Å². The van der Waals surface area contributed by atoms with Crippen molar-refractivity contribution in [3.8, 4) is 5.75 Å². The van der Waals surface area contributed by atoms with Gasteiger partial charge in [-0.05, 0) is 35.4 Å².